The first-order valence-corrected chi connectivity index (χ1v) is 10.8. The summed E-state index contributed by atoms with van der Waals surface area (Å²) in [6.45, 7) is 2.87. The van der Waals surface area contributed by atoms with Gasteiger partial charge in [-0.3, -0.25) is 14.5 Å². The summed E-state index contributed by atoms with van der Waals surface area (Å²) in [6.07, 6.45) is 5.62. The van der Waals surface area contributed by atoms with Crippen molar-refractivity contribution < 1.29 is 9.59 Å². The van der Waals surface area contributed by atoms with E-state index < -0.39 is 6.04 Å². The molecule has 30 heavy (non-hydrogen) atoms. The number of primary amides is 1. The van der Waals surface area contributed by atoms with Gasteiger partial charge in [0, 0.05) is 31.0 Å². The standard InChI is InChI=1S/C24H30N4O2/c25-24(30)22-15-18-7-3-4-8-19(18)16-28(22)17-23(29)26-20-9-11-21(12-10-20)27-13-5-1-2-6-14-27/h3-4,7-12,22H,1-2,5-6,13-17H2,(H2,25,30)(H,26,29)/t22-/m0/s1. The molecule has 0 saturated carbocycles. The summed E-state index contributed by atoms with van der Waals surface area (Å²) in [6, 6.07) is 15.6. The summed E-state index contributed by atoms with van der Waals surface area (Å²) in [5.74, 6) is -0.526. The van der Waals surface area contributed by atoms with E-state index in [9.17, 15) is 9.59 Å². The third-order valence-corrected chi connectivity index (χ3v) is 6.14. The molecule has 2 amide bonds. The van der Waals surface area contributed by atoms with Crippen LogP contribution in [-0.4, -0.2) is 42.4 Å². The van der Waals surface area contributed by atoms with Crippen LogP contribution in [0.1, 0.15) is 36.8 Å². The molecule has 4 rings (SSSR count). The van der Waals surface area contributed by atoms with E-state index in [1.54, 1.807) is 0 Å². The minimum absolute atomic E-state index is 0.135. The molecular weight excluding hydrogens is 376 g/mol. The van der Waals surface area contributed by atoms with Gasteiger partial charge in [0.2, 0.25) is 11.8 Å². The molecule has 2 aliphatic heterocycles. The van der Waals surface area contributed by atoms with Crippen molar-refractivity contribution in [3.63, 3.8) is 0 Å². The van der Waals surface area contributed by atoms with Crippen molar-refractivity contribution in [3.05, 3.63) is 59.7 Å². The van der Waals surface area contributed by atoms with Gasteiger partial charge in [-0.1, -0.05) is 37.1 Å². The first-order valence-electron chi connectivity index (χ1n) is 10.8. The zero-order valence-electron chi connectivity index (χ0n) is 17.3. The van der Waals surface area contributed by atoms with Gasteiger partial charge in [0.05, 0.1) is 12.6 Å². The second-order valence-electron chi connectivity index (χ2n) is 8.29. The number of carbonyl (C=O) groups excluding carboxylic acids is 2. The fourth-order valence-corrected chi connectivity index (χ4v) is 4.49. The average Bonchev–Trinajstić information content (AvgIpc) is 3.03. The summed E-state index contributed by atoms with van der Waals surface area (Å²) in [5.41, 5.74) is 9.87. The van der Waals surface area contributed by atoms with Crippen molar-refractivity contribution in [1.29, 1.82) is 0 Å². The van der Waals surface area contributed by atoms with E-state index >= 15 is 0 Å². The number of rotatable bonds is 5. The Morgan fingerprint density at radius 1 is 0.933 bits per heavy atom. The summed E-state index contributed by atoms with van der Waals surface area (Å²) in [5, 5.41) is 2.96. The monoisotopic (exact) mass is 406 g/mol. The smallest absolute Gasteiger partial charge is 0.238 e. The Hall–Kier alpha value is -2.86. The van der Waals surface area contributed by atoms with Gasteiger partial charge in [-0.2, -0.15) is 0 Å². The summed E-state index contributed by atoms with van der Waals surface area (Å²) in [7, 11) is 0. The van der Waals surface area contributed by atoms with E-state index in [-0.39, 0.29) is 18.4 Å². The Labute approximate surface area is 178 Å². The highest BCUT2D eigenvalue weighted by Crippen LogP contribution is 2.24. The Balaban J connectivity index is 1.38. The van der Waals surface area contributed by atoms with Crippen LogP contribution in [0.4, 0.5) is 11.4 Å². The second kappa shape index (κ2) is 9.30. The van der Waals surface area contributed by atoms with Crippen LogP contribution in [0.5, 0.6) is 0 Å². The Morgan fingerprint density at radius 2 is 1.60 bits per heavy atom. The largest absolute Gasteiger partial charge is 0.372 e. The molecule has 6 heteroatoms. The predicted molar refractivity (Wildman–Crippen MR) is 119 cm³/mol. The second-order valence-corrected chi connectivity index (χ2v) is 8.29. The van der Waals surface area contributed by atoms with Gasteiger partial charge in [0.15, 0.2) is 0 Å². The fraction of sp³-hybridized carbons (Fsp3) is 0.417. The van der Waals surface area contributed by atoms with Crippen LogP contribution in [0, 0.1) is 0 Å². The van der Waals surface area contributed by atoms with E-state index in [1.807, 2.05) is 41.3 Å². The van der Waals surface area contributed by atoms with E-state index in [1.165, 1.54) is 31.4 Å². The van der Waals surface area contributed by atoms with Crippen molar-refractivity contribution in [1.82, 2.24) is 4.90 Å². The van der Waals surface area contributed by atoms with E-state index in [0.717, 1.165) is 29.9 Å². The average molecular weight is 407 g/mol. The van der Waals surface area contributed by atoms with E-state index in [4.69, 9.17) is 5.73 Å². The van der Waals surface area contributed by atoms with Crippen LogP contribution in [-0.2, 0) is 22.6 Å². The molecule has 2 aromatic carbocycles. The molecule has 0 radical (unpaired) electrons. The Bertz CT molecular complexity index is 888. The molecule has 0 aliphatic carbocycles. The van der Waals surface area contributed by atoms with Crippen LogP contribution in [0.25, 0.3) is 0 Å². The van der Waals surface area contributed by atoms with Gasteiger partial charge in [-0.15, -0.1) is 0 Å². The number of amides is 2. The topological polar surface area (TPSA) is 78.7 Å². The molecule has 2 heterocycles. The number of hydrogen-bond donors (Lipinski definition) is 2. The molecule has 0 aromatic heterocycles. The molecule has 1 saturated heterocycles. The highest BCUT2D eigenvalue weighted by Gasteiger charge is 2.31. The van der Waals surface area contributed by atoms with E-state index in [0.29, 0.717) is 13.0 Å². The van der Waals surface area contributed by atoms with Gasteiger partial charge < -0.3 is 16.0 Å². The van der Waals surface area contributed by atoms with Gasteiger partial charge in [-0.05, 0) is 54.7 Å². The van der Waals surface area contributed by atoms with Crippen LogP contribution < -0.4 is 16.0 Å². The highest BCUT2D eigenvalue weighted by molar-refractivity contribution is 5.93. The molecule has 2 aromatic rings. The number of anilines is 2. The lowest BCUT2D eigenvalue weighted by Gasteiger charge is -2.34. The molecule has 1 fully saturated rings. The van der Waals surface area contributed by atoms with Crippen molar-refractivity contribution in [3.8, 4) is 0 Å². The van der Waals surface area contributed by atoms with Crippen LogP contribution in [0.15, 0.2) is 48.5 Å². The lowest BCUT2D eigenvalue weighted by atomic mass is 9.93. The number of benzene rings is 2. The maximum absolute atomic E-state index is 12.7. The number of nitrogens with zero attached hydrogens (tertiary/aromatic N) is 2. The van der Waals surface area contributed by atoms with Crippen molar-refractivity contribution in [2.45, 2.75) is 44.7 Å². The molecule has 0 bridgehead atoms. The first-order chi connectivity index (χ1) is 14.6. The maximum Gasteiger partial charge on any atom is 0.238 e. The lowest BCUT2D eigenvalue weighted by Crippen LogP contribution is -2.50. The van der Waals surface area contributed by atoms with Crippen molar-refractivity contribution >= 4 is 23.2 Å². The van der Waals surface area contributed by atoms with Gasteiger partial charge in [0.25, 0.3) is 0 Å². The number of hydrogen-bond acceptors (Lipinski definition) is 4. The van der Waals surface area contributed by atoms with Crippen LogP contribution >= 0.6 is 0 Å². The highest BCUT2D eigenvalue weighted by atomic mass is 16.2. The van der Waals surface area contributed by atoms with Crippen molar-refractivity contribution in [2.24, 2.45) is 5.73 Å². The predicted octanol–water partition coefficient (Wildman–Crippen LogP) is 2.92. The van der Waals surface area contributed by atoms with E-state index in [2.05, 4.69) is 22.3 Å². The molecular formula is C24H30N4O2. The number of nitrogens with one attached hydrogen (secondary N) is 1. The normalized spacial score (nSPS) is 19.6. The van der Waals surface area contributed by atoms with Crippen molar-refractivity contribution in [2.75, 3.05) is 29.9 Å². The summed E-state index contributed by atoms with van der Waals surface area (Å²) < 4.78 is 0. The Morgan fingerprint density at radius 3 is 2.27 bits per heavy atom. The lowest BCUT2D eigenvalue weighted by molar-refractivity contribution is -0.125. The maximum atomic E-state index is 12.7. The zero-order chi connectivity index (χ0) is 20.9. The summed E-state index contributed by atoms with van der Waals surface area (Å²) >= 11 is 0. The third-order valence-electron chi connectivity index (χ3n) is 6.14. The molecule has 1 atom stereocenters. The SMILES string of the molecule is NC(=O)[C@@H]1Cc2ccccc2CN1CC(=O)Nc1ccc(N2CCCCCC2)cc1. The molecule has 158 valence electrons. The number of nitrogens with two attached hydrogens (primary N) is 1. The van der Waals surface area contributed by atoms with Gasteiger partial charge in [-0.25, -0.2) is 0 Å². The summed E-state index contributed by atoms with van der Waals surface area (Å²) in [4.78, 5) is 28.9. The van der Waals surface area contributed by atoms with Crippen LogP contribution in [0.2, 0.25) is 0 Å². The minimum Gasteiger partial charge on any atom is -0.372 e. The zero-order valence-corrected chi connectivity index (χ0v) is 17.3. The third kappa shape index (κ3) is 4.82. The first kappa shape index (κ1) is 20.4. The van der Waals surface area contributed by atoms with Gasteiger partial charge in [0.1, 0.15) is 0 Å². The quantitative estimate of drug-likeness (QED) is 0.800. The molecule has 6 nitrogen and oxygen atoms in total. The van der Waals surface area contributed by atoms with Crippen LogP contribution in [0.3, 0.4) is 0 Å². The Kier molecular flexibility index (Phi) is 6.33. The molecule has 2 aliphatic rings. The van der Waals surface area contributed by atoms with Gasteiger partial charge >= 0.3 is 0 Å². The minimum atomic E-state index is -0.462. The molecule has 0 unspecified atom stereocenters. The molecule has 3 N–H and O–H groups in total. The number of carbonyl (C=O) groups is 2. The molecule has 0 spiro atoms. The number of fused-ring (bicyclic) bond motifs is 1. The fourth-order valence-electron chi connectivity index (χ4n) is 4.49.